The largest absolute Gasteiger partial charge is 0.481 e. The minimum Gasteiger partial charge on any atom is -0.481 e. The molecular weight excluding hydrogens is 316 g/mol. The van der Waals surface area contributed by atoms with E-state index in [0.29, 0.717) is 12.8 Å². The van der Waals surface area contributed by atoms with E-state index in [1.165, 1.54) is 11.1 Å². The Balaban J connectivity index is 1.61. The second-order valence-corrected chi connectivity index (χ2v) is 7.45. The third-order valence-electron chi connectivity index (χ3n) is 5.63. The van der Waals surface area contributed by atoms with Crippen LogP contribution in [0, 0.1) is 12.8 Å². The lowest BCUT2D eigenvalue weighted by Crippen LogP contribution is -2.49. The zero-order valence-electron chi connectivity index (χ0n) is 14.9. The molecule has 2 N–H and O–H groups in total. The van der Waals surface area contributed by atoms with Crippen molar-refractivity contribution in [2.75, 3.05) is 6.54 Å². The van der Waals surface area contributed by atoms with Gasteiger partial charge in [-0.25, -0.2) is 4.79 Å². The molecule has 2 aliphatic rings. The lowest BCUT2D eigenvalue weighted by Gasteiger charge is -2.38. The minimum atomic E-state index is -0.708. The molecule has 0 bridgehead atoms. The smallest absolute Gasteiger partial charge is 0.318 e. The Kier molecular flexibility index (Phi) is 5.61. The molecule has 2 fully saturated rings. The van der Waals surface area contributed by atoms with Gasteiger partial charge in [0.1, 0.15) is 0 Å². The van der Waals surface area contributed by atoms with E-state index in [-0.39, 0.29) is 24.0 Å². The maximum Gasteiger partial charge on any atom is 0.318 e. The summed E-state index contributed by atoms with van der Waals surface area (Å²) in [6.07, 6.45) is 6.01. The maximum atomic E-state index is 12.8. The zero-order valence-corrected chi connectivity index (χ0v) is 14.9. The van der Waals surface area contributed by atoms with Crippen LogP contribution in [0.4, 0.5) is 4.79 Å². The Morgan fingerprint density at radius 2 is 1.72 bits per heavy atom. The van der Waals surface area contributed by atoms with Gasteiger partial charge in [-0.15, -0.1) is 0 Å². The molecule has 1 unspecified atom stereocenters. The van der Waals surface area contributed by atoms with Gasteiger partial charge in [-0.2, -0.15) is 0 Å². The number of aliphatic carboxylic acids is 1. The highest BCUT2D eigenvalue weighted by Crippen LogP contribution is 2.31. The number of carbonyl (C=O) groups is 2. The lowest BCUT2D eigenvalue weighted by molar-refractivity contribution is -0.142. The predicted octanol–water partition coefficient (Wildman–Crippen LogP) is 3.88. The van der Waals surface area contributed by atoms with Crippen molar-refractivity contribution in [1.29, 1.82) is 0 Å². The van der Waals surface area contributed by atoms with Crippen LogP contribution in [0.3, 0.4) is 0 Å². The molecule has 136 valence electrons. The molecule has 1 saturated carbocycles. The van der Waals surface area contributed by atoms with Crippen LogP contribution in [-0.4, -0.2) is 34.6 Å². The molecule has 1 heterocycles. The number of carboxylic acid groups (broad SMARTS) is 1. The molecule has 0 aromatic heterocycles. The van der Waals surface area contributed by atoms with E-state index in [1.54, 1.807) is 0 Å². The van der Waals surface area contributed by atoms with Gasteiger partial charge in [0, 0.05) is 12.6 Å². The standard InChI is InChI=1S/C20H28N2O3/c1-14-5-7-15(8-6-14)18-4-2-3-13-22(18)20(25)21-17-11-9-16(10-12-17)19(23)24/h5-8,16-18H,2-4,9-13H2,1H3,(H,21,25)(H,23,24). The Morgan fingerprint density at radius 3 is 2.36 bits per heavy atom. The molecule has 1 saturated heterocycles. The number of hydrogen-bond acceptors (Lipinski definition) is 2. The number of rotatable bonds is 3. The van der Waals surface area contributed by atoms with Gasteiger partial charge in [-0.1, -0.05) is 29.8 Å². The van der Waals surface area contributed by atoms with Crippen LogP contribution in [-0.2, 0) is 4.79 Å². The molecule has 5 nitrogen and oxygen atoms in total. The van der Waals surface area contributed by atoms with Crippen LogP contribution < -0.4 is 5.32 Å². The van der Waals surface area contributed by atoms with Gasteiger partial charge >= 0.3 is 12.0 Å². The molecule has 0 radical (unpaired) electrons. The van der Waals surface area contributed by atoms with Crippen LogP contribution in [0.1, 0.15) is 62.1 Å². The van der Waals surface area contributed by atoms with Crippen molar-refractivity contribution in [3.05, 3.63) is 35.4 Å². The first-order valence-corrected chi connectivity index (χ1v) is 9.41. The van der Waals surface area contributed by atoms with Crippen LogP contribution in [0.25, 0.3) is 0 Å². The number of likely N-dealkylation sites (tertiary alicyclic amines) is 1. The highest BCUT2D eigenvalue weighted by atomic mass is 16.4. The number of piperidine rings is 1. The average Bonchev–Trinajstić information content (AvgIpc) is 2.63. The summed E-state index contributed by atoms with van der Waals surface area (Å²) in [7, 11) is 0. The second kappa shape index (κ2) is 7.89. The van der Waals surface area contributed by atoms with Crippen LogP contribution >= 0.6 is 0 Å². The zero-order chi connectivity index (χ0) is 17.8. The van der Waals surface area contributed by atoms with E-state index in [2.05, 4.69) is 36.5 Å². The molecule has 3 rings (SSSR count). The van der Waals surface area contributed by atoms with Crippen molar-refractivity contribution in [1.82, 2.24) is 10.2 Å². The predicted molar refractivity (Wildman–Crippen MR) is 96.4 cm³/mol. The fourth-order valence-electron chi connectivity index (χ4n) is 4.05. The van der Waals surface area contributed by atoms with Crippen molar-refractivity contribution in [2.24, 2.45) is 5.92 Å². The maximum absolute atomic E-state index is 12.8. The van der Waals surface area contributed by atoms with Gasteiger partial charge in [0.2, 0.25) is 0 Å². The molecule has 1 aliphatic carbocycles. The molecule has 1 aromatic rings. The first kappa shape index (κ1) is 17.8. The van der Waals surface area contributed by atoms with Crippen LogP contribution in [0.15, 0.2) is 24.3 Å². The lowest BCUT2D eigenvalue weighted by atomic mass is 9.86. The van der Waals surface area contributed by atoms with Crippen molar-refractivity contribution in [3.8, 4) is 0 Å². The number of benzene rings is 1. The molecule has 1 aliphatic heterocycles. The summed E-state index contributed by atoms with van der Waals surface area (Å²) in [5.41, 5.74) is 2.43. The number of nitrogens with one attached hydrogen (secondary N) is 1. The van der Waals surface area contributed by atoms with Crippen molar-refractivity contribution in [2.45, 2.75) is 64.0 Å². The molecule has 5 heteroatoms. The van der Waals surface area contributed by atoms with Gasteiger partial charge < -0.3 is 15.3 Å². The highest BCUT2D eigenvalue weighted by Gasteiger charge is 2.31. The Hall–Kier alpha value is -2.04. The Morgan fingerprint density at radius 1 is 1.04 bits per heavy atom. The van der Waals surface area contributed by atoms with Crippen molar-refractivity contribution >= 4 is 12.0 Å². The van der Waals surface area contributed by atoms with Gasteiger partial charge in [-0.05, 0) is 57.4 Å². The third-order valence-corrected chi connectivity index (χ3v) is 5.63. The second-order valence-electron chi connectivity index (χ2n) is 7.45. The van der Waals surface area contributed by atoms with E-state index in [0.717, 1.165) is 38.6 Å². The fourth-order valence-corrected chi connectivity index (χ4v) is 4.05. The molecule has 1 atom stereocenters. The molecular formula is C20H28N2O3. The van der Waals surface area contributed by atoms with Crippen LogP contribution in [0.2, 0.25) is 0 Å². The van der Waals surface area contributed by atoms with Crippen molar-refractivity contribution < 1.29 is 14.7 Å². The number of urea groups is 1. The fraction of sp³-hybridized carbons (Fsp3) is 0.600. The molecule has 0 spiro atoms. The normalized spacial score (nSPS) is 26.9. The number of amides is 2. The summed E-state index contributed by atoms with van der Waals surface area (Å²) in [5, 5.41) is 12.2. The van der Waals surface area contributed by atoms with E-state index in [1.807, 2.05) is 4.90 Å². The summed E-state index contributed by atoms with van der Waals surface area (Å²) in [6.45, 7) is 2.86. The quantitative estimate of drug-likeness (QED) is 0.874. The summed E-state index contributed by atoms with van der Waals surface area (Å²) in [5.74, 6) is -0.955. The van der Waals surface area contributed by atoms with Gasteiger partial charge in [0.25, 0.3) is 0 Å². The average molecular weight is 344 g/mol. The monoisotopic (exact) mass is 344 g/mol. The van der Waals surface area contributed by atoms with E-state index in [9.17, 15) is 9.59 Å². The van der Waals surface area contributed by atoms with Gasteiger partial charge in [0.15, 0.2) is 0 Å². The molecule has 2 amide bonds. The Bertz CT molecular complexity index is 606. The van der Waals surface area contributed by atoms with Gasteiger partial charge in [0.05, 0.1) is 12.0 Å². The van der Waals surface area contributed by atoms with E-state index >= 15 is 0 Å². The highest BCUT2D eigenvalue weighted by molar-refractivity contribution is 5.75. The van der Waals surface area contributed by atoms with E-state index in [4.69, 9.17) is 5.11 Å². The number of aryl methyl sites for hydroxylation is 1. The summed E-state index contributed by atoms with van der Waals surface area (Å²) in [4.78, 5) is 25.9. The first-order valence-electron chi connectivity index (χ1n) is 9.41. The SMILES string of the molecule is Cc1ccc(C2CCCCN2C(=O)NC2CCC(C(=O)O)CC2)cc1. The minimum absolute atomic E-state index is 0.00375. The first-order chi connectivity index (χ1) is 12.0. The summed E-state index contributed by atoms with van der Waals surface area (Å²) in [6, 6.07) is 8.71. The van der Waals surface area contributed by atoms with Crippen LogP contribution in [0.5, 0.6) is 0 Å². The number of carboxylic acids is 1. The van der Waals surface area contributed by atoms with Crippen molar-refractivity contribution in [3.63, 3.8) is 0 Å². The Labute approximate surface area is 149 Å². The number of hydrogen-bond donors (Lipinski definition) is 2. The molecule has 25 heavy (non-hydrogen) atoms. The van der Waals surface area contributed by atoms with E-state index < -0.39 is 5.97 Å². The number of nitrogens with zero attached hydrogens (tertiary/aromatic N) is 1. The third kappa shape index (κ3) is 4.33. The topological polar surface area (TPSA) is 69.6 Å². The number of carbonyl (C=O) groups excluding carboxylic acids is 1. The van der Waals surface area contributed by atoms with Gasteiger partial charge in [-0.3, -0.25) is 4.79 Å². The molecule has 1 aromatic carbocycles. The summed E-state index contributed by atoms with van der Waals surface area (Å²) >= 11 is 0. The summed E-state index contributed by atoms with van der Waals surface area (Å²) < 4.78 is 0.